The van der Waals surface area contributed by atoms with Crippen LogP contribution in [-0.2, 0) is 20.8 Å². The zero-order chi connectivity index (χ0) is 26.2. The molecule has 4 aromatic rings. The summed E-state index contributed by atoms with van der Waals surface area (Å²) in [7, 11) is 0. The predicted octanol–water partition coefficient (Wildman–Crippen LogP) is 4.88. The van der Waals surface area contributed by atoms with E-state index < -0.39 is 5.97 Å². The number of carboxylic acid groups (broad SMARTS) is 1. The molecule has 0 amide bonds. The molecule has 3 aromatic carbocycles. The Morgan fingerprint density at radius 2 is 1.65 bits per heavy atom. The molecular formula is C28H29N5O4. The summed E-state index contributed by atoms with van der Waals surface area (Å²) in [6.45, 7) is 6.08. The van der Waals surface area contributed by atoms with Crippen LogP contribution in [0.2, 0.25) is 0 Å². The minimum Gasteiger partial charge on any atom is -0.480 e. The van der Waals surface area contributed by atoms with Crippen molar-refractivity contribution in [1.82, 2.24) is 9.88 Å². The minimum atomic E-state index is -0.993. The largest absolute Gasteiger partial charge is 0.480 e. The van der Waals surface area contributed by atoms with E-state index in [1.807, 2.05) is 42.5 Å². The van der Waals surface area contributed by atoms with Crippen molar-refractivity contribution in [2.45, 2.75) is 6.54 Å². The maximum absolute atomic E-state index is 10.4. The Balaban J connectivity index is 1.39. The van der Waals surface area contributed by atoms with Crippen molar-refractivity contribution in [3.05, 3.63) is 90.0 Å². The van der Waals surface area contributed by atoms with Gasteiger partial charge >= 0.3 is 5.97 Å². The lowest BCUT2D eigenvalue weighted by molar-refractivity contribution is -0.142. The zero-order valence-corrected chi connectivity index (χ0v) is 20.4. The second-order valence-electron chi connectivity index (χ2n) is 8.46. The highest BCUT2D eigenvalue weighted by Crippen LogP contribution is 2.31. The number of para-hydroxylation sites is 1. The van der Waals surface area contributed by atoms with Gasteiger partial charge in [0.25, 0.3) is 0 Å². The van der Waals surface area contributed by atoms with E-state index in [0.29, 0.717) is 31.9 Å². The molecule has 0 aliphatic heterocycles. The summed E-state index contributed by atoms with van der Waals surface area (Å²) < 4.78 is 12.6. The van der Waals surface area contributed by atoms with Crippen molar-refractivity contribution in [3.8, 4) is 0 Å². The third-order valence-corrected chi connectivity index (χ3v) is 5.98. The number of fused-ring (bicyclic) bond motifs is 3. The van der Waals surface area contributed by atoms with E-state index in [9.17, 15) is 4.79 Å². The highest BCUT2D eigenvalue weighted by Gasteiger charge is 2.13. The average molecular weight is 500 g/mol. The van der Waals surface area contributed by atoms with Crippen LogP contribution in [0.4, 0.5) is 0 Å². The monoisotopic (exact) mass is 499 g/mol. The molecule has 0 bridgehead atoms. The lowest BCUT2D eigenvalue weighted by atomic mass is 10.1. The van der Waals surface area contributed by atoms with Crippen molar-refractivity contribution >= 4 is 39.3 Å². The van der Waals surface area contributed by atoms with Gasteiger partial charge in [0.05, 0.1) is 19.8 Å². The van der Waals surface area contributed by atoms with E-state index >= 15 is 0 Å². The van der Waals surface area contributed by atoms with Crippen molar-refractivity contribution in [3.63, 3.8) is 0 Å². The van der Waals surface area contributed by atoms with E-state index in [2.05, 4.69) is 45.8 Å². The van der Waals surface area contributed by atoms with Crippen LogP contribution in [0.25, 0.3) is 27.5 Å². The van der Waals surface area contributed by atoms with Gasteiger partial charge in [0.15, 0.2) is 5.84 Å². The number of amidine groups is 1. The molecule has 1 aromatic heterocycles. The van der Waals surface area contributed by atoms with E-state index in [4.69, 9.17) is 25.5 Å². The molecule has 9 nitrogen and oxygen atoms in total. The first kappa shape index (κ1) is 25.7. The molecule has 0 saturated carbocycles. The molecule has 0 atom stereocenters. The molecule has 0 fully saturated rings. The van der Waals surface area contributed by atoms with Gasteiger partial charge in [-0.1, -0.05) is 49.0 Å². The Hall–Kier alpha value is -4.34. The third kappa shape index (κ3) is 6.27. The van der Waals surface area contributed by atoms with Crippen molar-refractivity contribution in [2.24, 2.45) is 5.11 Å². The summed E-state index contributed by atoms with van der Waals surface area (Å²) in [5, 5.41) is 25.1. The first-order valence-corrected chi connectivity index (χ1v) is 11.8. The SMILES string of the molecule is C=C(NCCOCCOCC(=O)O)c1ccc(Cn2c3ccccc3c3cc(C(=N)N=N)ccc32)cc1. The quantitative estimate of drug-likeness (QED) is 0.0901. The van der Waals surface area contributed by atoms with Gasteiger partial charge in [-0.3, -0.25) is 5.41 Å². The second-order valence-corrected chi connectivity index (χ2v) is 8.46. The number of nitrogens with zero attached hydrogens (tertiary/aromatic N) is 2. The van der Waals surface area contributed by atoms with Gasteiger partial charge in [-0.05, 0) is 35.4 Å². The van der Waals surface area contributed by atoms with Crippen LogP contribution in [0.5, 0.6) is 0 Å². The number of aromatic nitrogens is 1. The summed E-state index contributed by atoms with van der Waals surface area (Å²) >= 11 is 0. The van der Waals surface area contributed by atoms with E-state index in [-0.39, 0.29) is 19.0 Å². The molecule has 0 aliphatic rings. The normalized spacial score (nSPS) is 11.0. The average Bonchev–Trinajstić information content (AvgIpc) is 3.22. The molecule has 9 heteroatoms. The number of nitrogens with one attached hydrogen (secondary N) is 3. The number of aliphatic carboxylic acids is 1. The number of carbonyl (C=O) groups is 1. The maximum Gasteiger partial charge on any atom is 0.329 e. The van der Waals surface area contributed by atoms with Crippen LogP contribution in [0.1, 0.15) is 16.7 Å². The Morgan fingerprint density at radius 1 is 0.946 bits per heavy atom. The van der Waals surface area contributed by atoms with Gasteiger partial charge < -0.3 is 24.5 Å². The standard InChI is InChI=1S/C28H29N5O4/c1-19(31-12-13-36-14-15-37-18-27(34)35)21-8-6-20(7-9-21)17-33-25-5-3-2-4-23(25)24-16-22(28(29)32-30)10-11-26(24)33/h2-11,16,29-31H,1,12-15,17-18H2,(H,34,35). The van der Waals surface area contributed by atoms with E-state index in [1.54, 1.807) is 0 Å². The van der Waals surface area contributed by atoms with Crippen LogP contribution in [0, 0.1) is 10.9 Å². The predicted molar refractivity (Wildman–Crippen MR) is 143 cm³/mol. The molecule has 0 radical (unpaired) electrons. The van der Waals surface area contributed by atoms with Crippen LogP contribution in [0.15, 0.2) is 78.4 Å². The van der Waals surface area contributed by atoms with Gasteiger partial charge in [0.1, 0.15) is 6.61 Å². The summed E-state index contributed by atoms with van der Waals surface area (Å²) in [6, 6.07) is 22.2. The molecule has 0 saturated heterocycles. The zero-order valence-electron chi connectivity index (χ0n) is 20.4. The lowest BCUT2D eigenvalue weighted by Gasteiger charge is -2.12. The number of rotatable bonds is 13. The first-order valence-electron chi connectivity index (χ1n) is 11.8. The van der Waals surface area contributed by atoms with Crippen LogP contribution < -0.4 is 5.32 Å². The molecule has 0 aliphatic carbocycles. The van der Waals surface area contributed by atoms with E-state index in [1.165, 1.54) is 0 Å². The van der Waals surface area contributed by atoms with Crippen molar-refractivity contribution < 1.29 is 19.4 Å². The van der Waals surface area contributed by atoms with Gasteiger partial charge in [0.2, 0.25) is 0 Å². The van der Waals surface area contributed by atoms with Gasteiger partial charge in [0, 0.05) is 46.2 Å². The number of ether oxygens (including phenoxy) is 2. The van der Waals surface area contributed by atoms with Crippen LogP contribution in [-0.4, -0.2) is 54.5 Å². The van der Waals surface area contributed by atoms with Crippen LogP contribution in [0.3, 0.4) is 0 Å². The van der Waals surface area contributed by atoms with Crippen LogP contribution >= 0.6 is 0 Å². The Labute approximate surface area is 214 Å². The summed E-state index contributed by atoms with van der Waals surface area (Å²) in [5.41, 5.74) is 12.9. The number of hydrogen-bond acceptors (Lipinski definition) is 6. The number of benzene rings is 3. The number of hydrogen-bond donors (Lipinski definition) is 4. The maximum atomic E-state index is 10.4. The Kier molecular flexibility index (Phi) is 8.40. The Morgan fingerprint density at radius 3 is 2.41 bits per heavy atom. The van der Waals surface area contributed by atoms with Gasteiger partial charge in [-0.15, -0.1) is 5.11 Å². The molecule has 37 heavy (non-hydrogen) atoms. The summed E-state index contributed by atoms with van der Waals surface area (Å²) in [6.07, 6.45) is 0. The number of carboxylic acids is 1. The lowest BCUT2D eigenvalue weighted by Crippen LogP contribution is -2.19. The van der Waals surface area contributed by atoms with Crippen molar-refractivity contribution in [2.75, 3.05) is 33.0 Å². The highest BCUT2D eigenvalue weighted by atomic mass is 16.5. The van der Waals surface area contributed by atoms with Gasteiger partial charge in [-0.25, -0.2) is 10.3 Å². The highest BCUT2D eigenvalue weighted by molar-refractivity contribution is 6.11. The fraction of sp³-hybridized carbons (Fsp3) is 0.214. The molecule has 190 valence electrons. The minimum absolute atomic E-state index is 0.0560. The molecule has 0 spiro atoms. The van der Waals surface area contributed by atoms with E-state index in [0.717, 1.165) is 38.6 Å². The summed E-state index contributed by atoms with van der Waals surface area (Å²) in [4.78, 5) is 10.4. The molecule has 0 unspecified atom stereocenters. The topological polar surface area (TPSA) is 133 Å². The fourth-order valence-corrected chi connectivity index (χ4v) is 4.19. The first-order chi connectivity index (χ1) is 18.0. The fourth-order valence-electron chi connectivity index (χ4n) is 4.19. The van der Waals surface area contributed by atoms with Gasteiger partial charge in [-0.2, -0.15) is 0 Å². The molecule has 1 heterocycles. The second kappa shape index (κ2) is 12.1. The molecule has 4 N–H and O–H groups in total. The summed E-state index contributed by atoms with van der Waals surface area (Å²) in [5.74, 6) is -1.05. The Bertz CT molecular complexity index is 1440. The molecule has 4 rings (SSSR count). The van der Waals surface area contributed by atoms with Crippen molar-refractivity contribution in [1.29, 1.82) is 10.9 Å². The smallest absolute Gasteiger partial charge is 0.329 e. The third-order valence-electron chi connectivity index (χ3n) is 5.98. The molecular weight excluding hydrogens is 470 g/mol.